The topological polar surface area (TPSA) is 62.1 Å². The SMILES string of the molecule is CN(CCN)C(=O)c1ccc2[nH]ccc2c1. The molecule has 0 bridgehead atoms. The predicted octanol–water partition coefficient (Wildman–Crippen LogP) is 1.20. The molecule has 4 nitrogen and oxygen atoms in total. The highest BCUT2D eigenvalue weighted by atomic mass is 16.2. The van der Waals surface area contributed by atoms with Gasteiger partial charge < -0.3 is 15.6 Å². The first kappa shape index (κ1) is 10.7. The molecule has 2 aromatic rings. The molecule has 0 radical (unpaired) electrons. The molecule has 4 heteroatoms. The van der Waals surface area contributed by atoms with E-state index < -0.39 is 0 Å². The molecular formula is C12H15N3O. The molecular weight excluding hydrogens is 202 g/mol. The number of nitrogens with one attached hydrogen (secondary N) is 1. The third kappa shape index (κ3) is 1.92. The fraction of sp³-hybridized carbons (Fsp3) is 0.250. The highest BCUT2D eigenvalue weighted by molar-refractivity contribution is 5.97. The summed E-state index contributed by atoms with van der Waals surface area (Å²) in [5.41, 5.74) is 7.16. The monoisotopic (exact) mass is 217 g/mol. The number of amides is 1. The molecule has 3 N–H and O–H groups in total. The molecule has 16 heavy (non-hydrogen) atoms. The van der Waals surface area contributed by atoms with E-state index in [9.17, 15) is 4.79 Å². The Bertz CT molecular complexity index is 504. The molecule has 0 aliphatic rings. The van der Waals surface area contributed by atoms with Gasteiger partial charge in [-0.15, -0.1) is 0 Å². The van der Waals surface area contributed by atoms with Crippen LogP contribution in [-0.4, -0.2) is 35.9 Å². The first-order chi connectivity index (χ1) is 7.72. The van der Waals surface area contributed by atoms with Crippen LogP contribution in [-0.2, 0) is 0 Å². The van der Waals surface area contributed by atoms with Crippen molar-refractivity contribution in [3.8, 4) is 0 Å². The summed E-state index contributed by atoms with van der Waals surface area (Å²) in [6.45, 7) is 1.05. The van der Waals surface area contributed by atoms with Gasteiger partial charge in [0, 0.05) is 42.8 Å². The van der Waals surface area contributed by atoms with Crippen molar-refractivity contribution in [2.75, 3.05) is 20.1 Å². The minimum absolute atomic E-state index is 0.00792. The van der Waals surface area contributed by atoms with E-state index in [1.165, 1.54) is 0 Å². The van der Waals surface area contributed by atoms with Crippen molar-refractivity contribution >= 4 is 16.8 Å². The van der Waals surface area contributed by atoms with Gasteiger partial charge in [-0.2, -0.15) is 0 Å². The molecule has 0 aliphatic carbocycles. The molecule has 84 valence electrons. The second-order valence-corrected chi connectivity index (χ2v) is 3.80. The number of likely N-dealkylation sites (N-methyl/N-ethyl adjacent to an activating group) is 1. The molecule has 0 aliphatic heterocycles. The maximum Gasteiger partial charge on any atom is 0.253 e. The van der Waals surface area contributed by atoms with Gasteiger partial charge in [0.25, 0.3) is 5.91 Å². The van der Waals surface area contributed by atoms with Crippen LogP contribution in [0.4, 0.5) is 0 Å². The van der Waals surface area contributed by atoms with Crippen molar-refractivity contribution in [1.29, 1.82) is 0 Å². The van der Waals surface area contributed by atoms with E-state index in [1.807, 2.05) is 30.5 Å². The van der Waals surface area contributed by atoms with Crippen LogP contribution in [0.5, 0.6) is 0 Å². The van der Waals surface area contributed by atoms with Crippen LogP contribution < -0.4 is 5.73 Å². The Labute approximate surface area is 94.0 Å². The highest BCUT2D eigenvalue weighted by Crippen LogP contribution is 2.15. The zero-order valence-electron chi connectivity index (χ0n) is 9.23. The Morgan fingerprint density at radius 1 is 1.44 bits per heavy atom. The lowest BCUT2D eigenvalue weighted by atomic mass is 10.1. The standard InChI is InChI=1S/C12H15N3O/c1-15(7-5-13)12(16)10-2-3-11-9(8-10)4-6-14-11/h2-4,6,8,14H,5,7,13H2,1H3. The third-order valence-electron chi connectivity index (χ3n) is 2.61. The number of aromatic amines is 1. The molecule has 0 spiro atoms. The minimum atomic E-state index is 0.00792. The maximum atomic E-state index is 12.0. The molecule has 2 rings (SSSR count). The van der Waals surface area contributed by atoms with Gasteiger partial charge in [0.1, 0.15) is 0 Å². The summed E-state index contributed by atoms with van der Waals surface area (Å²) in [6, 6.07) is 7.59. The number of hydrogen-bond acceptors (Lipinski definition) is 2. The van der Waals surface area contributed by atoms with Gasteiger partial charge in [-0.25, -0.2) is 0 Å². The lowest BCUT2D eigenvalue weighted by Crippen LogP contribution is -2.31. The van der Waals surface area contributed by atoms with Crippen LogP contribution in [0.15, 0.2) is 30.5 Å². The number of fused-ring (bicyclic) bond motifs is 1. The van der Waals surface area contributed by atoms with E-state index in [0.29, 0.717) is 18.7 Å². The average Bonchev–Trinajstić information content (AvgIpc) is 2.75. The van der Waals surface area contributed by atoms with Crippen LogP contribution in [0.25, 0.3) is 10.9 Å². The fourth-order valence-corrected chi connectivity index (χ4v) is 1.70. The van der Waals surface area contributed by atoms with E-state index in [4.69, 9.17) is 5.73 Å². The second-order valence-electron chi connectivity index (χ2n) is 3.80. The van der Waals surface area contributed by atoms with Gasteiger partial charge in [-0.3, -0.25) is 4.79 Å². The van der Waals surface area contributed by atoms with Crippen molar-refractivity contribution < 1.29 is 4.79 Å². The van der Waals surface area contributed by atoms with Crippen molar-refractivity contribution in [2.24, 2.45) is 5.73 Å². The summed E-state index contributed by atoms with van der Waals surface area (Å²) >= 11 is 0. The van der Waals surface area contributed by atoms with Crippen LogP contribution in [0.3, 0.4) is 0 Å². The summed E-state index contributed by atoms with van der Waals surface area (Å²) in [5.74, 6) is 0.00792. The number of hydrogen-bond donors (Lipinski definition) is 2. The summed E-state index contributed by atoms with van der Waals surface area (Å²) in [5, 5.41) is 1.05. The summed E-state index contributed by atoms with van der Waals surface area (Å²) in [7, 11) is 1.76. The van der Waals surface area contributed by atoms with Gasteiger partial charge >= 0.3 is 0 Å². The van der Waals surface area contributed by atoms with E-state index in [1.54, 1.807) is 11.9 Å². The molecule has 1 heterocycles. The first-order valence-corrected chi connectivity index (χ1v) is 5.25. The quantitative estimate of drug-likeness (QED) is 0.811. The van der Waals surface area contributed by atoms with Crippen LogP contribution in [0.2, 0.25) is 0 Å². The summed E-state index contributed by atoms with van der Waals surface area (Å²) in [6.07, 6.45) is 1.86. The Kier molecular flexibility index (Phi) is 2.92. The van der Waals surface area contributed by atoms with Gasteiger partial charge in [0.2, 0.25) is 0 Å². The van der Waals surface area contributed by atoms with Crippen LogP contribution in [0.1, 0.15) is 10.4 Å². The molecule has 0 fully saturated rings. The molecule has 1 amide bonds. The maximum absolute atomic E-state index is 12.0. The molecule has 0 unspecified atom stereocenters. The largest absolute Gasteiger partial charge is 0.361 e. The third-order valence-corrected chi connectivity index (χ3v) is 2.61. The lowest BCUT2D eigenvalue weighted by molar-refractivity contribution is 0.0799. The number of nitrogens with two attached hydrogens (primary N) is 1. The molecule has 0 saturated heterocycles. The van der Waals surface area contributed by atoms with E-state index in [0.717, 1.165) is 10.9 Å². The Morgan fingerprint density at radius 3 is 3.00 bits per heavy atom. The van der Waals surface area contributed by atoms with Crippen molar-refractivity contribution in [1.82, 2.24) is 9.88 Å². The minimum Gasteiger partial charge on any atom is -0.361 e. The molecule has 1 aromatic heterocycles. The van der Waals surface area contributed by atoms with Gasteiger partial charge in [0.05, 0.1) is 0 Å². The first-order valence-electron chi connectivity index (χ1n) is 5.25. The number of carbonyl (C=O) groups is 1. The van der Waals surface area contributed by atoms with Crippen LogP contribution in [0, 0.1) is 0 Å². The lowest BCUT2D eigenvalue weighted by Gasteiger charge is -2.15. The smallest absolute Gasteiger partial charge is 0.253 e. The van der Waals surface area contributed by atoms with E-state index in [-0.39, 0.29) is 5.91 Å². The van der Waals surface area contributed by atoms with E-state index in [2.05, 4.69) is 4.98 Å². The fourth-order valence-electron chi connectivity index (χ4n) is 1.70. The predicted molar refractivity (Wildman–Crippen MR) is 64.3 cm³/mol. The van der Waals surface area contributed by atoms with Crippen molar-refractivity contribution in [2.45, 2.75) is 0 Å². The Hall–Kier alpha value is -1.81. The van der Waals surface area contributed by atoms with Gasteiger partial charge in [-0.1, -0.05) is 0 Å². The van der Waals surface area contributed by atoms with E-state index >= 15 is 0 Å². The zero-order chi connectivity index (χ0) is 11.5. The van der Waals surface area contributed by atoms with Gasteiger partial charge in [0.15, 0.2) is 0 Å². The Balaban J connectivity index is 2.28. The second kappa shape index (κ2) is 4.37. The highest BCUT2D eigenvalue weighted by Gasteiger charge is 2.11. The summed E-state index contributed by atoms with van der Waals surface area (Å²) in [4.78, 5) is 16.7. The van der Waals surface area contributed by atoms with Crippen LogP contribution >= 0.6 is 0 Å². The number of aromatic nitrogens is 1. The average molecular weight is 217 g/mol. The number of nitrogens with zero attached hydrogens (tertiary/aromatic N) is 1. The molecule has 1 aromatic carbocycles. The van der Waals surface area contributed by atoms with Crippen molar-refractivity contribution in [3.63, 3.8) is 0 Å². The van der Waals surface area contributed by atoms with Gasteiger partial charge in [-0.05, 0) is 24.3 Å². The number of rotatable bonds is 3. The molecule has 0 saturated carbocycles. The summed E-state index contributed by atoms with van der Waals surface area (Å²) < 4.78 is 0. The molecule has 0 atom stereocenters. The number of benzene rings is 1. The zero-order valence-corrected chi connectivity index (χ0v) is 9.23. The van der Waals surface area contributed by atoms with Crippen molar-refractivity contribution in [3.05, 3.63) is 36.0 Å². The number of carbonyl (C=O) groups excluding carboxylic acids is 1. The Morgan fingerprint density at radius 2 is 2.25 bits per heavy atom. The number of H-pyrrole nitrogens is 1. The normalized spacial score (nSPS) is 10.6.